The van der Waals surface area contributed by atoms with Crippen LogP contribution in [0.2, 0.25) is 0 Å². The Balaban J connectivity index is 3.62. The Morgan fingerprint density at radius 2 is 2.00 bits per heavy atom. The molecule has 4 heteroatoms. The van der Waals surface area contributed by atoms with Gasteiger partial charge in [-0.05, 0) is 12.5 Å². The lowest BCUT2D eigenvalue weighted by Crippen LogP contribution is -2.46. The van der Waals surface area contributed by atoms with Crippen LogP contribution >= 0.6 is 0 Å². The van der Waals surface area contributed by atoms with E-state index >= 15 is 0 Å². The van der Waals surface area contributed by atoms with Crippen LogP contribution < -0.4 is 16.4 Å². The molecule has 0 saturated carbocycles. The van der Waals surface area contributed by atoms with Gasteiger partial charge in [0.15, 0.2) is 0 Å². The lowest BCUT2D eigenvalue weighted by atomic mass is 9.99. The van der Waals surface area contributed by atoms with Crippen molar-refractivity contribution in [1.29, 1.82) is 0 Å². The number of nitrogens with one attached hydrogen (secondary N) is 2. The molecule has 0 heterocycles. The molecule has 0 saturated heterocycles. The summed E-state index contributed by atoms with van der Waals surface area (Å²) < 4.78 is 0. The average molecular weight is 201 g/mol. The molecule has 0 aliphatic rings. The molecule has 0 aliphatic heterocycles. The van der Waals surface area contributed by atoms with E-state index in [0.29, 0.717) is 6.54 Å². The first kappa shape index (κ1) is 13.4. The smallest absolute Gasteiger partial charge is 0.237 e. The van der Waals surface area contributed by atoms with Gasteiger partial charge in [-0.25, -0.2) is 0 Å². The van der Waals surface area contributed by atoms with E-state index in [9.17, 15) is 4.79 Å². The second-order valence-electron chi connectivity index (χ2n) is 3.56. The molecule has 0 spiro atoms. The van der Waals surface area contributed by atoms with E-state index in [-0.39, 0.29) is 17.9 Å². The summed E-state index contributed by atoms with van der Waals surface area (Å²) in [5, 5.41) is 5.94. The Morgan fingerprint density at radius 1 is 1.36 bits per heavy atom. The highest BCUT2D eigenvalue weighted by molar-refractivity contribution is 5.81. The molecular weight excluding hydrogens is 178 g/mol. The Labute approximate surface area is 86.6 Å². The van der Waals surface area contributed by atoms with Crippen molar-refractivity contribution < 1.29 is 4.79 Å². The van der Waals surface area contributed by atoms with Crippen LogP contribution in [0.1, 0.15) is 27.2 Å². The van der Waals surface area contributed by atoms with Crippen LogP contribution in [0, 0.1) is 5.92 Å². The summed E-state index contributed by atoms with van der Waals surface area (Å²) in [4.78, 5) is 11.4. The van der Waals surface area contributed by atoms with Crippen molar-refractivity contribution in [2.75, 3.05) is 19.6 Å². The Morgan fingerprint density at radius 3 is 2.50 bits per heavy atom. The molecule has 2 unspecified atom stereocenters. The highest BCUT2D eigenvalue weighted by atomic mass is 16.2. The maximum Gasteiger partial charge on any atom is 0.237 e. The molecule has 0 aromatic heterocycles. The van der Waals surface area contributed by atoms with Gasteiger partial charge in [0.2, 0.25) is 5.91 Å². The molecule has 84 valence electrons. The second kappa shape index (κ2) is 7.76. The van der Waals surface area contributed by atoms with E-state index in [2.05, 4.69) is 10.6 Å². The van der Waals surface area contributed by atoms with Gasteiger partial charge in [-0.15, -0.1) is 0 Å². The average Bonchev–Trinajstić information content (AvgIpc) is 2.21. The molecule has 0 bridgehead atoms. The van der Waals surface area contributed by atoms with E-state index in [0.717, 1.165) is 19.5 Å². The van der Waals surface area contributed by atoms with Crippen LogP contribution in [-0.2, 0) is 4.79 Å². The summed E-state index contributed by atoms with van der Waals surface area (Å²) in [6.45, 7) is 8.44. The van der Waals surface area contributed by atoms with Crippen molar-refractivity contribution in [2.45, 2.75) is 33.2 Å². The fourth-order valence-corrected chi connectivity index (χ4v) is 1.08. The van der Waals surface area contributed by atoms with E-state index < -0.39 is 0 Å². The number of rotatable bonds is 7. The van der Waals surface area contributed by atoms with Crippen molar-refractivity contribution in [3.05, 3.63) is 0 Å². The monoisotopic (exact) mass is 201 g/mol. The van der Waals surface area contributed by atoms with Crippen molar-refractivity contribution >= 4 is 5.91 Å². The van der Waals surface area contributed by atoms with Gasteiger partial charge in [-0.1, -0.05) is 27.2 Å². The fourth-order valence-electron chi connectivity index (χ4n) is 1.08. The van der Waals surface area contributed by atoms with Gasteiger partial charge in [0.05, 0.1) is 6.04 Å². The summed E-state index contributed by atoms with van der Waals surface area (Å²) >= 11 is 0. The molecular formula is C10H23N3O. The molecule has 4 N–H and O–H groups in total. The molecule has 0 aromatic rings. The minimum absolute atomic E-state index is 0.0442. The first-order valence-electron chi connectivity index (χ1n) is 5.37. The number of carbonyl (C=O) groups is 1. The Bertz CT molecular complexity index is 161. The molecule has 14 heavy (non-hydrogen) atoms. The number of nitrogens with two attached hydrogens (primary N) is 1. The molecule has 1 amide bonds. The van der Waals surface area contributed by atoms with Crippen molar-refractivity contribution in [1.82, 2.24) is 10.6 Å². The highest BCUT2D eigenvalue weighted by Gasteiger charge is 2.18. The number of hydrogen-bond donors (Lipinski definition) is 3. The van der Waals surface area contributed by atoms with Crippen LogP contribution in [0.25, 0.3) is 0 Å². The van der Waals surface area contributed by atoms with Crippen molar-refractivity contribution in [2.24, 2.45) is 11.7 Å². The number of likely N-dealkylation sites (N-methyl/N-ethyl adjacent to an activating group) is 1. The molecule has 0 fully saturated rings. The van der Waals surface area contributed by atoms with Gasteiger partial charge in [0.1, 0.15) is 0 Å². The van der Waals surface area contributed by atoms with Gasteiger partial charge in [-0.3, -0.25) is 4.79 Å². The molecule has 0 aliphatic carbocycles. The topological polar surface area (TPSA) is 67.1 Å². The van der Waals surface area contributed by atoms with E-state index in [1.165, 1.54) is 0 Å². The van der Waals surface area contributed by atoms with E-state index in [4.69, 9.17) is 5.73 Å². The molecule has 2 atom stereocenters. The zero-order chi connectivity index (χ0) is 11.0. The lowest BCUT2D eigenvalue weighted by molar-refractivity contribution is -0.123. The van der Waals surface area contributed by atoms with Crippen LogP contribution in [0.4, 0.5) is 0 Å². The third kappa shape index (κ3) is 5.19. The summed E-state index contributed by atoms with van der Waals surface area (Å²) in [6, 6.07) is -0.373. The third-order valence-electron chi connectivity index (χ3n) is 2.41. The van der Waals surface area contributed by atoms with E-state index in [1.807, 2.05) is 20.8 Å². The predicted molar refractivity (Wildman–Crippen MR) is 59.0 cm³/mol. The summed E-state index contributed by atoms with van der Waals surface area (Å²) in [6.07, 6.45) is 0.932. The Hall–Kier alpha value is -0.610. The van der Waals surface area contributed by atoms with Crippen LogP contribution in [0.15, 0.2) is 0 Å². The first-order valence-corrected chi connectivity index (χ1v) is 5.37. The summed E-state index contributed by atoms with van der Waals surface area (Å²) in [5.41, 5.74) is 5.75. The predicted octanol–water partition coefficient (Wildman–Crippen LogP) is 0.0855. The maximum atomic E-state index is 11.4. The molecule has 4 nitrogen and oxygen atoms in total. The van der Waals surface area contributed by atoms with Gasteiger partial charge < -0.3 is 16.4 Å². The minimum atomic E-state index is -0.373. The summed E-state index contributed by atoms with van der Waals surface area (Å²) in [5.74, 6) is 0.200. The SMILES string of the molecule is CCNCCNC(=O)C(N)C(C)CC. The summed E-state index contributed by atoms with van der Waals surface area (Å²) in [7, 11) is 0. The van der Waals surface area contributed by atoms with E-state index in [1.54, 1.807) is 0 Å². The van der Waals surface area contributed by atoms with Gasteiger partial charge >= 0.3 is 0 Å². The van der Waals surface area contributed by atoms with Gasteiger partial charge in [-0.2, -0.15) is 0 Å². The zero-order valence-electron chi connectivity index (χ0n) is 9.47. The van der Waals surface area contributed by atoms with Gasteiger partial charge in [0, 0.05) is 13.1 Å². The molecule has 0 aromatic carbocycles. The van der Waals surface area contributed by atoms with Crippen molar-refractivity contribution in [3.8, 4) is 0 Å². The number of carbonyl (C=O) groups excluding carboxylic acids is 1. The lowest BCUT2D eigenvalue weighted by Gasteiger charge is -2.17. The number of amides is 1. The number of hydrogen-bond acceptors (Lipinski definition) is 3. The standard InChI is InChI=1S/C10H23N3O/c1-4-8(3)9(11)10(14)13-7-6-12-5-2/h8-9,12H,4-7,11H2,1-3H3,(H,13,14). The quantitative estimate of drug-likeness (QED) is 0.511. The zero-order valence-corrected chi connectivity index (χ0v) is 9.47. The highest BCUT2D eigenvalue weighted by Crippen LogP contribution is 2.04. The van der Waals surface area contributed by atoms with Crippen molar-refractivity contribution in [3.63, 3.8) is 0 Å². The molecule has 0 rings (SSSR count). The Kier molecular flexibility index (Phi) is 7.42. The maximum absolute atomic E-state index is 11.4. The second-order valence-corrected chi connectivity index (χ2v) is 3.56. The van der Waals surface area contributed by atoms with Gasteiger partial charge in [0.25, 0.3) is 0 Å². The van der Waals surface area contributed by atoms with Crippen LogP contribution in [0.5, 0.6) is 0 Å². The first-order chi connectivity index (χ1) is 6.63. The molecule has 0 radical (unpaired) electrons. The third-order valence-corrected chi connectivity index (χ3v) is 2.41. The van der Waals surface area contributed by atoms with Crippen LogP contribution in [0.3, 0.4) is 0 Å². The normalized spacial score (nSPS) is 14.9. The van der Waals surface area contributed by atoms with Crippen LogP contribution in [-0.4, -0.2) is 31.6 Å². The minimum Gasteiger partial charge on any atom is -0.353 e. The fraction of sp³-hybridized carbons (Fsp3) is 0.900. The largest absolute Gasteiger partial charge is 0.353 e.